The van der Waals surface area contributed by atoms with Crippen LogP contribution in [-0.2, 0) is 12.7 Å². The molecule has 8 heteroatoms. The second-order valence-electron chi connectivity index (χ2n) is 7.22. The second kappa shape index (κ2) is 9.69. The van der Waals surface area contributed by atoms with E-state index in [-0.39, 0.29) is 17.0 Å². The van der Waals surface area contributed by atoms with Gasteiger partial charge in [-0.2, -0.15) is 17.7 Å². The molecule has 0 amide bonds. The molecule has 0 saturated carbocycles. The zero-order valence-electron chi connectivity index (χ0n) is 16.9. The molecule has 0 bridgehead atoms. The van der Waals surface area contributed by atoms with Crippen LogP contribution in [0.2, 0.25) is 10.0 Å². The average molecular weight is 542 g/mol. The highest BCUT2D eigenvalue weighted by Gasteiger charge is 2.30. The number of halogens is 6. The van der Waals surface area contributed by atoms with Gasteiger partial charge < -0.3 is 21.9 Å². The fourth-order valence-electron chi connectivity index (χ4n) is 3.52. The highest BCUT2D eigenvalue weighted by atomic mass is 79.9. The van der Waals surface area contributed by atoms with Crippen LogP contribution >= 0.6 is 23.2 Å². The predicted octanol–water partition coefficient (Wildman–Crippen LogP) is 4.27. The predicted molar refractivity (Wildman–Crippen MR) is 119 cm³/mol. The third kappa shape index (κ3) is 5.20. The fraction of sp³-hybridized carbons (Fsp3) is 0.125. The number of alkyl halides is 3. The molecule has 0 aliphatic carbocycles. The summed E-state index contributed by atoms with van der Waals surface area (Å²) >= 11 is 12.3. The topological polar surface area (TPSA) is 7.12 Å². The van der Waals surface area contributed by atoms with Crippen LogP contribution in [0.4, 0.5) is 24.5 Å². The smallest absolute Gasteiger partial charge is 0.416 e. The third-order valence-electron chi connectivity index (χ3n) is 5.17. The molecule has 0 unspecified atom stereocenters. The number of hydrogen-bond acceptors (Lipinski definition) is 1. The molecule has 0 N–H and O–H groups in total. The van der Waals surface area contributed by atoms with E-state index in [1.165, 1.54) is 12.1 Å². The first-order valence-electron chi connectivity index (χ1n) is 9.49. The third-order valence-corrected chi connectivity index (χ3v) is 5.65. The van der Waals surface area contributed by atoms with Gasteiger partial charge in [0.15, 0.2) is 12.7 Å². The van der Waals surface area contributed by atoms with Crippen LogP contribution < -0.4 is 26.4 Å². The molecule has 0 spiro atoms. The van der Waals surface area contributed by atoms with Crippen LogP contribution in [0.5, 0.6) is 0 Å². The molecule has 3 aromatic carbocycles. The van der Waals surface area contributed by atoms with E-state index >= 15 is 0 Å². The van der Waals surface area contributed by atoms with E-state index in [1.807, 2.05) is 66.3 Å². The summed E-state index contributed by atoms with van der Waals surface area (Å²) < 4.78 is 40.5. The average Bonchev–Trinajstić information content (AvgIpc) is 2.74. The number of nitrogens with zero attached hydrogens (tertiary/aromatic N) is 2. The van der Waals surface area contributed by atoms with Crippen molar-refractivity contribution >= 4 is 45.5 Å². The van der Waals surface area contributed by atoms with Crippen molar-refractivity contribution in [3.8, 4) is 0 Å². The summed E-state index contributed by atoms with van der Waals surface area (Å²) in [5.74, 6) is 0. The van der Waals surface area contributed by atoms with Crippen LogP contribution in [0.15, 0.2) is 79.0 Å². The van der Waals surface area contributed by atoms with E-state index in [4.69, 9.17) is 23.2 Å². The Morgan fingerprint density at radius 2 is 1.47 bits per heavy atom. The number of fused-ring (bicyclic) bond motifs is 1. The lowest BCUT2D eigenvalue weighted by Gasteiger charge is -2.21. The Hall–Kier alpha value is -2.28. The lowest BCUT2D eigenvalue weighted by Crippen LogP contribution is -3.00. The maximum absolute atomic E-state index is 12.8. The molecule has 32 heavy (non-hydrogen) atoms. The summed E-state index contributed by atoms with van der Waals surface area (Å²) in [5.41, 5.74) is 2.93. The van der Waals surface area contributed by atoms with Crippen molar-refractivity contribution in [2.24, 2.45) is 0 Å². The van der Waals surface area contributed by atoms with E-state index in [0.29, 0.717) is 16.6 Å². The fourth-order valence-corrected chi connectivity index (χ4v) is 3.81. The van der Waals surface area contributed by atoms with Gasteiger partial charge in [-0.05, 0) is 48.5 Å². The molecule has 4 rings (SSSR count). The van der Waals surface area contributed by atoms with Crippen LogP contribution in [-0.4, -0.2) is 7.05 Å². The Morgan fingerprint density at radius 1 is 0.844 bits per heavy atom. The normalized spacial score (nSPS) is 11.3. The molecule has 0 radical (unpaired) electrons. The van der Waals surface area contributed by atoms with Gasteiger partial charge in [-0.3, -0.25) is 0 Å². The van der Waals surface area contributed by atoms with Crippen molar-refractivity contribution in [1.29, 1.82) is 0 Å². The van der Waals surface area contributed by atoms with E-state index in [1.54, 1.807) is 0 Å². The number of anilines is 2. The van der Waals surface area contributed by atoms with Gasteiger partial charge in [0, 0.05) is 40.5 Å². The summed E-state index contributed by atoms with van der Waals surface area (Å²) in [6.45, 7) is 0.417. The van der Waals surface area contributed by atoms with Gasteiger partial charge in [0.1, 0.15) is 0 Å². The molecule has 0 saturated heterocycles. The summed E-state index contributed by atoms with van der Waals surface area (Å²) in [7, 11) is 1.97. The summed E-state index contributed by atoms with van der Waals surface area (Å²) in [6.07, 6.45) is -2.43. The lowest BCUT2D eigenvalue weighted by atomic mass is 10.1. The second-order valence-corrected chi connectivity index (χ2v) is 8.09. The Labute approximate surface area is 204 Å². The monoisotopic (exact) mass is 540 g/mol. The van der Waals surface area contributed by atoms with Gasteiger partial charge in [-0.15, -0.1) is 0 Å². The molecule has 0 aliphatic rings. The van der Waals surface area contributed by atoms with Crippen molar-refractivity contribution in [3.05, 3.63) is 100 Å². The molecule has 2 nitrogen and oxygen atoms in total. The van der Waals surface area contributed by atoms with E-state index in [0.717, 1.165) is 40.0 Å². The van der Waals surface area contributed by atoms with Crippen molar-refractivity contribution in [1.82, 2.24) is 0 Å². The first-order chi connectivity index (χ1) is 14.7. The number of hydrogen-bond donors (Lipinski definition) is 0. The van der Waals surface area contributed by atoms with Crippen LogP contribution in [0.1, 0.15) is 11.1 Å². The molecule has 166 valence electrons. The molecular formula is C24H18BrCl2F3N2. The number of pyridine rings is 1. The number of aromatic nitrogens is 1. The van der Waals surface area contributed by atoms with Crippen molar-refractivity contribution < 1.29 is 34.7 Å². The van der Waals surface area contributed by atoms with Crippen LogP contribution in [0, 0.1) is 0 Å². The van der Waals surface area contributed by atoms with E-state index in [2.05, 4.69) is 4.90 Å². The highest BCUT2D eigenvalue weighted by molar-refractivity contribution is 6.31. The lowest BCUT2D eigenvalue weighted by molar-refractivity contribution is -0.662. The zero-order chi connectivity index (χ0) is 22.2. The van der Waals surface area contributed by atoms with Crippen molar-refractivity contribution in [2.45, 2.75) is 12.7 Å². The highest BCUT2D eigenvalue weighted by Crippen LogP contribution is 2.32. The minimum atomic E-state index is -4.35. The van der Waals surface area contributed by atoms with Crippen molar-refractivity contribution in [3.63, 3.8) is 0 Å². The maximum atomic E-state index is 12.8. The summed E-state index contributed by atoms with van der Waals surface area (Å²) in [4.78, 5) is 2.05. The summed E-state index contributed by atoms with van der Waals surface area (Å²) in [5, 5.41) is 2.22. The Bertz CT molecular complexity index is 1230. The van der Waals surface area contributed by atoms with Crippen LogP contribution in [0.25, 0.3) is 10.9 Å². The SMILES string of the molecule is CN(c1ccc(Cl)cc1)c1cc[n+](Cc2ccc(C(F)(F)F)cc2)c2cc(Cl)ccc12.[Br-]. The standard InChI is InChI=1S/C24H18Cl2F3N2.BrH/c1-30(20-9-6-18(25)7-10-20)22-12-13-31(23-14-19(26)8-11-21(22)23)15-16-2-4-17(5-3-16)24(27,28)29;/h2-14H,15H2,1H3;1H/q+1;/p-1. The molecule has 1 aromatic heterocycles. The van der Waals surface area contributed by atoms with Crippen LogP contribution in [0.3, 0.4) is 0 Å². The Kier molecular flexibility index (Phi) is 7.38. The molecule has 4 aromatic rings. The largest absolute Gasteiger partial charge is 1.00 e. The Balaban J connectivity index is 0.00000289. The number of benzene rings is 3. The molecule has 0 atom stereocenters. The quantitative estimate of drug-likeness (QED) is 0.350. The minimum absolute atomic E-state index is 0. The molecular weight excluding hydrogens is 524 g/mol. The molecule has 1 heterocycles. The zero-order valence-corrected chi connectivity index (χ0v) is 20.0. The maximum Gasteiger partial charge on any atom is 0.416 e. The first kappa shape index (κ1) is 24.4. The molecule has 0 aliphatic heterocycles. The number of rotatable bonds is 4. The van der Waals surface area contributed by atoms with Gasteiger partial charge in [-0.1, -0.05) is 35.3 Å². The summed E-state index contributed by atoms with van der Waals surface area (Å²) in [6, 6.07) is 20.4. The molecule has 0 fully saturated rings. The van der Waals surface area contributed by atoms with E-state index < -0.39 is 11.7 Å². The minimum Gasteiger partial charge on any atom is -1.00 e. The van der Waals surface area contributed by atoms with Crippen molar-refractivity contribution in [2.75, 3.05) is 11.9 Å². The first-order valence-corrected chi connectivity index (χ1v) is 10.2. The Morgan fingerprint density at radius 3 is 2.09 bits per heavy atom. The van der Waals surface area contributed by atoms with Gasteiger partial charge >= 0.3 is 6.18 Å². The van der Waals surface area contributed by atoms with E-state index in [9.17, 15) is 13.2 Å². The van der Waals surface area contributed by atoms with Gasteiger partial charge in [0.05, 0.1) is 16.6 Å². The van der Waals surface area contributed by atoms with Gasteiger partial charge in [0.25, 0.3) is 0 Å². The van der Waals surface area contributed by atoms with Gasteiger partial charge in [-0.25, -0.2) is 0 Å². The van der Waals surface area contributed by atoms with Gasteiger partial charge in [0.2, 0.25) is 5.52 Å².